The lowest BCUT2D eigenvalue weighted by Gasteiger charge is -2.12. The fourth-order valence-electron chi connectivity index (χ4n) is 0.622. The van der Waals surface area contributed by atoms with Gasteiger partial charge in [-0.05, 0) is 6.42 Å². The molecule has 0 aromatic carbocycles. The van der Waals surface area contributed by atoms with E-state index < -0.39 is 0 Å². The second-order valence-electron chi connectivity index (χ2n) is 3.14. The molecule has 5 heteroatoms. The molecular weight excluding hydrogens is 234 g/mol. The van der Waals surface area contributed by atoms with Crippen molar-refractivity contribution in [3.8, 4) is 0 Å². The molecule has 0 amide bonds. The van der Waals surface area contributed by atoms with E-state index in [4.69, 9.17) is 9.92 Å². The van der Waals surface area contributed by atoms with Crippen LogP contribution in [-0.2, 0) is 4.18 Å². The van der Waals surface area contributed by atoms with Crippen molar-refractivity contribution in [2.24, 2.45) is 5.73 Å². The van der Waals surface area contributed by atoms with Crippen LogP contribution in [0.15, 0.2) is 0 Å². The van der Waals surface area contributed by atoms with Crippen molar-refractivity contribution in [2.75, 3.05) is 18.9 Å². The van der Waals surface area contributed by atoms with Crippen LogP contribution in [0.5, 0.6) is 0 Å². The molecule has 0 aliphatic heterocycles. The van der Waals surface area contributed by atoms with Crippen molar-refractivity contribution in [1.82, 2.24) is 0 Å². The van der Waals surface area contributed by atoms with Crippen LogP contribution in [-0.4, -0.2) is 29.4 Å². The molecular formula is C9H21NOS3. The van der Waals surface area contributed by atoms with E-state index in [0.29, 0.717) is 18.4 Å². The highest BCUT2D eigenvalue weighted by atomic mass is 33.1. The van der Waals surface area contributed by atoms with Crippen LogP contribution in [0.3, 0.4) is 0 Å². The third-order valence-electron chi connectivity index (χ3n) is 1.64. The molecule has 0 aromatic heterocycles. The topological polar surface area (TPSA) is 35.2 Å². The molecule has 0 spiro atoms. The van der Waals surface area contributed by atoms with E-state index in [1.165, 1.54) is 23.2 Å². The molecule has 0 aromatic rings. The van der Waals surface area contributed by atoms with Gasteiger partial charge in [0, 0.05) is 22.8 Å². The molecule has 2 unspecified atom stereocenters. The highest BCUT2D eigenvalue weighted by molar-refractivity contribution is 8.75. The lowest BCUT2D eigenvalue weighted by Crippen LogP contribution is -2.06. The highest BCUT2D eigenvalue weighted by Gasteiger charge is 2.06. The summed E-state index contributed by atoms with van der Waals surface area (Å²) >= 11 is 3.50. The number of nitrogens with two attached hydrogens (primary N) is 1. The fourth-order valence-corrected chi connectivity index (χ4v) is 3.54. The Morgan fingerprint density at radius 2 is 2.00 bits per heavy atom. The van der Waals surface area contributed by atoms with E-state index >= 15 is 0 Å². The summed E-state index contributed by atoms with van der Waals surface area (Å²) in [5.41, 5.74) is 5.31. The molecule has 0 fully saturated rings. The Hall–Kier alpha value is 0.970. The summed E-state index contributed by atoms with van der Waals surface area (Å²) < 4.78 is 5.23. The van der Waals surface area contributed by atoms with Crippen molar-refractivity contribution in [1.29, 1.82) is 0 Å². The van der Waals surface area contributed by atoms with Crippen LogP contribution >= 0.6 is 33.6 Å². The Morgan fingerprint density at radius 3 is 2.57 bits per heavy atom. The molecule has 0 radical (unpaired) electrons. The van der Waals surface area contributed by atoms with Crippen LogP contribution < -0.4 is 5.73 Å². The Bertz CT molecular complexity index is 127. The van der Waals surface area contributed by atoms with Gasteiger partial charge < -0.3 is 9.92 Å². The van der Waals surface area contributed by atoms with Crippen molar-refractivity contribution in [3.05, 3.63) is 0 Å². The molecule has 0 aliphatic carbocycles. The monoisotopic (exact) mass is 255 g/mol. The maximum Gasteiger partial charge on any atom is 0.0746 e. The Balaban J connectivity index is 3.23. The van der Waals surface area contributed by atoms with Crippen LogP contribution in [0.25, 0.3) is 0 Å². The van der Waals surface area contributed by atoms with Crippen LogP contribution in [0.1, 0.15) is 27.2 Å². The van der Waals surface area contributed by atoms with Gasteiger partial charge in [-0.1, -0.05) is 31.6 Å². The quantitative estimate of drug-likeness (QED) is 0.389. The van der Waals surface area contributed by atoms with Gasteiger partial charge in [0.2, 0.25) is 0 Å². The van der Waals surface area contributed by atoms with Gasteiger partial charge in [0.1, 0.15) is 0 Å². The summed E-state index contributed by atoms with van der Waals surface area (Å²) in [6, 6.07) is 0. The van der Waals surface area contributed by atoms with E-state index in [1.807, 2.05) is 11.8 Å². The zero-order valence-corrected chi connectivity index (χ0v) is 11.6. The molecule has 2 N–H and O–H groups in total. The summed E-state index contributed by atoms with van der Waals surface area (Å²) in [7, 11) is 1.79. The van der Waals surface area contributed by atoms with Crippen molar-refractivity contribution < 1.29 is 4.18 Å². The van der Waals surface area contributed by atoms with Crippen LogP contribution in [0, 0.1) is 0 Å². The molecule has 14 heavy (non-hydrogen) atoms. The van der Waals surface area contributed by atoms with E-state index in [1.54, 1.807) is 10.8 Å². The Morgan fingerprint density at radius 1 is 1.29 bits per heavy atom. The lowest BCUT2D eigenvalue weighted by atomic mass is 10.4. The third kappa shape index (κ3) is 9.52. The normalized spacial score (nSPS) is 15.4. The Labute approximate surface area is 100 Å². The first-order valence-electron chi connectivity index (χ1n) is 4.97. The molecule has 86 valence electrons. The average Bonchev–Trinajstić information content (AvgIpc) is 2.21. The maximum atomic E-state index is 5.31. The van der Waals surface area contributed by atoms with Crippen LogP contribution in [0.4, 0.5) is 0 Å². The standard InChI is InChI=1S/C9H21NOS3/c1-4-8(2)12-7-9(3)13-14-11-6-5-10/h8-9H,4-7,10H2,1-3H3. The van der Waals surface area contributed by atoms with Crippen molar-refractivity contribution >= 4 is 33.6 Å². The second kappa shape index (κ2) is 10.5. The van der Waals surface area contributed by atoms with Crippen LogP contribution in [0.2, 0.25) is 0 Å². The smallest absolute Gasteiger partial charge is 0.0746 e. The summed E-state index contributed by atoms with van der Waals surface area (Å²) in [5.74, 6) is 1.19. The van der Waals surface area contributed by atoms with E-state index in [2.05, 4.69) is 20.8 Å². The first-order chi connectivity index (χ1) is 6.70. The first-order valence-corrected chi connectivity index (χ1v) is 8.16. The predicted octanol–water partition coefficient (Wildman–Crippen LogP) is 3.18. The largest absolute Gasteiger partial charge is 0.328 e. The number of hydrogen-bond donors (Lipinski definition) is 1. The summed E-state index contributed by atoms with van der Waals surface area (Å²) in [6.07, 6.45) is 1.25. The molecule has 0 saturated heterocycles. The van der Waals surface area contributed by atoms with Gasteiger partial charge in [0.05, 0.1) is 17.7 Å². The highest BCUT2D eigenvalue weighted by Crippen LogP contribution is 2.30. The van der Waals surface area contributed by atoms with E-state index in [0.717, 1.165) is 5.25 Å². The van der Waals surface area contributed by atoms with E-state index in [-0.39, 0.29) is 0 Å². The molecule has 2 atom stereocenters. The third-order valence-corrected chi connectivity index (χ3v) is 5.80. The Kier molecular flexibility index (Phi) is 11.2. The summed E-state index contributed by atoms with van der Waals surface area (Å²) in [5, 5.41) is 1.41. The fraction of sp³-hybridized carbons (Fsp3) is 1.00. The van der Waals surface area contributed by atoms with Gasteiger partial charge >= 0.3 is 0 Å². The molecule has 2 nitrogen and oxygen atoms in total. The lowest BCUT2D eigenvalue weighted by molar-refractivity contribution is 0.392. The molecule has 0 bridgehead atoms. The number of rotatable bonds is 9. The minimum absolute atomic E-state index is 0.601. The van der Waals surface area contributed by atoms with E-state index in [9.17, 15) is 0 Å². The molecule has 0 saturated carbocycles. The van der Waals surface area contributed by atoms with Gasteiger partial charge in [-0.15, -0.1) is 0 Å². The predicted molar refractivity (Wildman–Crippen MR) is 71.9 cm³/mol. The van der Waals surface area contributed by atoms with Crippen molar-refractivity contribution in [2.45, 2.75) is 37.7 Å². The van der Waals surface area contributed by atoms with Gasteiger partial charge in [0.15, 0.2) is 0 Å². The molecule has 0 heterocycles. The molecule has 0 aliphatic rings. The van der Waals surface area contributed by atoms with Gasteiger partial charge in [-0.3, -0.25) is 0 Å². The van der Waals surface area contributed by atoms with Gasteiger partial charge in [0.25, 0.3) is 0 Å². The first kappa shape index (κ1) is 15.0. The van der Waals surface area contributed by atoms with Crippen molar-refractivity contribution in [3.63, 3.8) is 0 Å². The zero-order chi connectivity index (χ0) is 10.8. The average molecular weight is 255 g/mol. The zero-order valence-electron chi connectivity index (χ0n) is 9.19. The number of hydrogen-bond acceptors (Lipinski definition) is 5. The van der Waals surface area contributed by atoms with Gasteiger partial charge in [-0.25, -0.2) is 0 Å². The number of thioether (sulfide) groups is 1. The summed E-state index contributed by atoms with van der Waals surface area (Å²) in [4.78, 5) is 0. The maximum absolute atomic E-state index is 5.31. The second-order valence-corrected chi connectivity index (χ2v) is 6.96. The van der Waals surface area contributed by atoms with Gasteiger partial charge in [-0.2, -0.15) is 11.8 Å². The minimum Gasteiger partial charge on any atom is -0.328 e. The molecule has 0 rings (SSSR count). The SMILES string of the molecule is CCC(C)SCC(C)SSOCCN. The summed E-state index contributed by atoms with van der Waals surface area (Å²) in [6.45, 7) is 7.99. The minimum atomic E-state index is 0.601.